The Bertz CT molecular complexity index is 874. The summed E-state index contributed by atoms with van der Waals surface area (Å²) in [7, 11) is 0. The van der Waals surface area contributed by atoms with Crippen LogP contribution in [0, 0.1) is 5.82 Å². The van der Waals surface area contributed by atoms with Gasteiger partial charge in [-0.15, -0.1) is 22.7 Å². The quantitative estimate of drug-likeness (QED) is 0.747. The highest BCUT2D eigenvalue weighted by Crippen LogP contribution is 2.29. The van der Waals surface area contributed by atoms with E-state index in [1.165, 1.54) is 39.7 Å². The number of thiazole rings is 1. The van der Waals surface area contributed by atoms with Crippen LogP contribution in [-0.4, -0.2) is 22.3 Å². The molecular weight excluding hydrogens is 357 g/mol. The van der Waals surface area contributed by atoms with Crippen LogP contribution in [0.25, 0.3) is 0 Å². The van der Waals surface area contributed by atoms with Crippen molar-refractivity contribution in [1.82, 2.24) is 9.88 Å². The Hall–Kier alpha value is -2.09. The minimum Gasteiger partial charge on any atom is -0.297 e. The summed E-state index contributed by atoms with van der Waals surface area (Å²) in [4.78, 5) is 20.9. The third-order valence-corrected chi connectivity index (χ3v) is 5.96. The molecule has 3 heterocycles. The molecule has 4 nitrogen and oxygen atoms in total. The number of thiophene rings is 1. The number of anilines is 1. The average Bonchev–Trinajstić information content (AvgIpc) is 3.26. The largest absolute Gasteiger partial charge is 0.297 e. The van der Waals surface area contributed by atoms with Gasteiger partial charge in [0.25, 0.3) is 5.91 Å². The van der Waals surface area contributed by atoms with Crippen molar-refractivity contribution in [3.05, 3.63) is 68.6 Å². The second-order valence-electron chi connectivity index (χ2n) is 5.91. The first-order valence-corrected chi connectivity index (χ1v) is 9.67. The van der Waals surface area contributed by atoms with Crippen LogP contribution in [-0.2, 0) is 19.5 Å². The number of benzene rings is 1. The topological polar surface area (TPSA) is 45.2 Å². The molecule has 0 fully saturated rings. The zero-order valence-corrected chi connectivity index (χ0v) is 15.0. The Morgan fingerprint density at radius 3 is 2.88 bits per heavy atom. The molecule has 7 heteroatoms. The van der Waals surface area contributed by atoms with Crippen molar-refractivity contribution in [3.8, 4) is 0 Å². The van der Waals surface area contributed by atoms with Gasteiger partial charge in [-0.2, -0.15) is 0 Å². The second-order valence-corrected chi connectivity index (χ2v) is 7.94. The van der Waals surface area contributed by atoms with Gasteiger partial charge in [0, 0.05) is 30.9 Å². The summed E-state index contributed by atoms with van der Waals surface area (Å²) in [5.74, 6) is -0.317. The minimum absolute atomic E-state index is 0.107. The van der Waals surface area contributed by atoms with E-state index < -0.39 is 0 Å². The van der Waals surface area contributed by atoms with Crippen LogP contribution >= 0.6 is 22.7 Å². The Morgan fingerprint density at radius 1 is 1.28 bits per heavy atom. The molecule has 0 aliphatic carbocycles. The first-order valence-electron chi connectivity index (χ1n) is 7.97. The van der Waals surface area contributed by atoms with E-state index in [9.17, 15) is 9.18 Å². The molecule has 2 aromatic heterocycles. The van der Waals surface area contributed by atoms with E-state index in [1.807, 2.05) is 23.6 Å². The lowest BCUT2D eigenvalue weighted by molar-refractivity contribution is 0.103. The van der Waals surface area contributed by atoms with Gasteiger partial charge in [-0.3, -0.25) is 15.0 Å². The molecule has 1 aliphatic heterocycles. The predicted molar refractivity (Wildman–Crippen MR) is 98.6 cm³/mol. The SMILES string of the molecule is O=C(Nc1nc2c(s1)CN(Cc1ccc(F)cc1)CC2)c1cccs1. The van der Waals surface area contributed by atoms with Gasteiger partial charge in [-0.1, -0.05) is 18.2 Å². The Balaban J connectivity index is 1.42. The number of nitrogens with one attached hydrogen (secondary N) is 1. The van der Waals surface area contributed by atoms with E-state index in [0.717, 1.165) is 37.3 Å². The van der Waals surface area contributed by atoms with E-state index in [-0.39, 0.29) is 11.7 Å². The van der Waals surface area contributed by atoms with Crippen molar-refractivity contribution in [2.45, 2.75) is 19.5 Å². The second kappa shape index (κ2) is 7.03. The molecule has 0 saturated carbocycles. The molecule has 25 heavy (non-hydrogen) atoms. The van der Waals surface area contributed by atoms with Crippen molar-refractivity contribution in [2.24, 2.45) is 0 Å². The number of hydrogen-bond acceptors (Lipinski definition) is 5. The molecule has 1 N–H and O–H groups in total. The summed E-state index contributed by atoms with van der Waals surface area (Å²) < 4.78 is 13.0. The first kappa shape index (κ1) is 16.4. The van der Waals surface area contributed by atoms with Crippen molar-refractivity contribution in [1.29, 1.82) is 0 Å². The molecule has 0 unspecified atom stereocenters. The fourth-order valence-corrected chi connectivity index (χ4v) is 4.52. The number of rotatable bonds is 4. The van der Waals surface area contributed by atoms with Crippen LogP contribution < -0.4 is 5.32 Å². The summed E-state index contributed by atoms with van der Waals surface area (Å²) in [5.41, 5.74) is 2.17. The lowest BCUT2D eigenvalue weighted by Crippen LogP contribution is -2.29. The molecule has 0 bridgehead atoms. The highest BCUT2D eigenvalue weighted by Gasteiger charge is 2.21. The number of hydrogen-bond donors (Lipinski definition) is 1. The maximum Gasteiger partial charge on any atom is 0.267 e. The molecule has 1 amide bonds. The van der Waals surface area contributed by atoms with Gasteiger partial charge in [0.1, 0.15) is 5.82 Å². The van der Waals surface area contributed by atoms with Gasteiger partial charge in [0.05, 0.1) is 10.6 Å². The Labute approximate surface area is 153 Å². The molecule has 1 aliphatic rings. The molecule has 0 saturated heterocycles. The van der Waals surface area contributed by atoms with Crippen LogP contribution in [0.15, 0.2) is 41.8 Å². The van der Waals surface area contributed by atoms with Crippen molar-refractivity contribution in [3.63, 3.8) is 0 Å². The number of halogens is 1. The minimum atomic E-state index is -0.210. The van der Waals surface area contributed by atoms with Gasteiger partial charge in [-0.05, 0) is 29.1 Å². The number of carbonyl (C=O) groups excluding carboxylic acids is 1. The van der Waals surface area contributed by atoms with Crippen LogP contribution in [0.3, 0.4) is 0 Å². The van der Waals surface area contributed by atoms with E-state index in [4.69, 9.17) is 0 Å². The molecule has 4 rings (SSSR count). The van der Waals surface area contributed by atoms with Crippen LogP contribution in [0.4, 0.5) is 9.52 Å². The number of fused-ring (bicyclic) bond motifs is 1. The monoisotopic (exact) mass is 373 g/mol. The van der Waals surface area contributed by atoms with Gasteiger partial charge in [0.2, 0.25) is 0 Å². The normalized spacial score (nSPS) is 14.3. The van der Waals surface area contributed by atoms with E-state index in [0.29, 0.717) is 10.0 Å². The van der Waals surface area contributed by atoms with Crippen LogP contribution in [0.5, 0.6) is 0 Å². The lowest BCUT2D eigenvalue weighted by Gasteiger charge is -2.25. The van der Waals surface area contributed by atoms with Crippen molar-refractivity contribution in [2.75, 3.05) is 11.9 Å². The standard InChI is InChI=1S/C18H16FN3OS2/c19-13-5-3-12(4-6-13)10-22-8-7-14-16(11-22)25-18(20-14)21-17(23)15-2-1-9-24-15/h1-6,9H,7-8,10-11H2,(H,20,21,23). The zero-order chi connectivity index (χ0) is 17.2. The van der Waals surface area contributed by atoms with Gasteiger partial charge in [-0.25, -0.2) is 9.37 Å². The van der Waals surface area contributed by atoms with Gasteiger partial charge >= 0.3 is 0 Å². The summed E-state index contributed by atoms with van der Waals surface area (Å²) >= 11 is 2.96. The summed E-state index contributed by atoms with van der Waals surface area (Å²) in [6.07, 6.45) is 0.863. The lowest BCUT2D eigenvalue weighted by atomic mass is 10.1. The smallest absolute Gasteiger partial charge is 0.267 e. The molecule has 3 aromatic rings. The molecule has 128 valence electrons. The number of aromatic nitrogens is 1. The van der Waals surface area contributed by atoms with E-state index >= 15 is 0 Å². The number of nitrogens with zero attached hydrogens (tertiary/aromatic N) is 2. The Morgan fingerprint density at radius 2 is 2.12 bits per heavy atom. The van der Waals surface area contributed by atoms with E-state index in [2.05, 4.69) is 15.2 Å². The third-order valence-electron chi connectivity index (χ3n) is 4.10. The molecule has 1 aromatic carbocycles. The van der Waals surface area contributed by atoms with E-state index in [1.54, 1.807) is 6.07 Å². The summed E-state index contributed by atoms with van der Waals surface area (Å²) in [6.45, 7) is 2.50. The maximum atomic E-state index is 13.0. The molecule has 0 atom stereocenters. The average molecular weight is 373 g/mol. The summed E-state index contributed by atoms with van der Waals surface area (Å²) in [5, 5.41) is 5.43. The van der Waals surface area contributed by atoms with Crippen LogP contribution in [0.2, 0.25) is 0 Å². The molecule has 0 radical (unpaired) electrons. The third kappa shape index (κ3) is 3.78. The van der Waals surface area contributed by atoms with Crippen molar-refractivity contribution >= 4 is 33.7 Å². The van der Waals surface area contributed by atoms with Crippen molar-refractivity contribution < 1.29 is 9.18 Å². The zero-order valence-electron chi connectivity index (χ0n) is 13.4. The number of amides is 1. The number of carbonyl (C=O) groups is 1. The summed E-state index contributed by atoms with van der Waals surface area (Å²) in [6, 6.07) is 10.3. The highest BCUT2D eigenvalue weighted by molar-refractivity contribution is 7.16. The fraction of sp³-hybridized carbons (Fsp3) is 0.222. The fourth-order valence-electron chi connectivity index (χ4n) is 2.85. The highest BCUT2D eigenvalue weighted by atomic mass is 32.1. The predicted octanol–water partition coefficient (Wildman–Crippen LogP) is 4.15. The van der Waals surface area contributed by atoms with Crippen LogP contribution in [0.1, 0.15) is 25.8 Å². The first-order chi connectivity index (χ1) is 12.2. The maximum absolute atomic E-state index is 13.0. The van der Waals surface area contributed by atoms with Gasteiger partial charge < -0.3 is 0 Å². The van der Waals surface area contributed by atoms with Gasteiger partial charge in [0.15, 0.2) is 5.13 Å². The Kier molecular flexibility index (Phi) is 4.61. The molecular formula is C18H16FN3OS2. The molecule has 0 spiro atoms.